The van der Waals surface area contributed by atoms with Crippen LogP contribution in [0.1, 0.15) is 36.6 Å². The van der Waals surface area contributed by atoms with Gasteiger partial charge in [-0.25, -0.2) is 18.5 Å². The predicted octanol–water partition coefficient (Wildman–Crippen LogP) is 1.71. The Morgan fingerprint density at radius 3 is 2.92 bits per heavy atom. The quantitative estimate of drug-likeness (QED) is 0.878. The van der Waals surface area contributed by atoms with Crippen LogP contribution < -0.4 is 16.7 Å². The maximum Gasteiger partial charge on any atom is 0.355 e. The molecule has 1 aromatic heterocycles. The molecule has 2 heterocycles. The Balaban J connectivity index is 1.85. The SMILES string of the molecule is Cc1cccc([C@H](C)Nc2nc(=O)n([C@H]3CCOC[C@H]3F)c(=O)[nH]2)c1. The Hall–Kier alpha value is -2.48. The van der Waals surface area contributed by atoms with Crippen molar-refractivity contribution >= 4 is 5.95 Å². The molecule has 134 valence electrons. The summed E-state index contributed by atoms with van der Waals surface area (Å²) in [5.41, 5.74) is 0.669. The zero-order valence-electron chi connectivity index (χ0n) is 14.2. The molecular formula is C17H21FN4O3. The number of anilines is 1. The lowest BCUT2D eigenvalue weighted by Crippen LogP contribution is -2.46. The molecule has 1 fully saturated rings. The van der Waals surface area contributed by atoms with Gasteiger partial charge in [-0.2, -0.15) is 4.98 Å². The van der Waals surface area contributed by atoms with Gasteiger partial charge in [0.25, 0.3) is 0 Å². The summed E-state index contributed by atoms with van der Waals surface area (Å²) in [5, 5.41) is 3.01. The molecule has 1 aromatic carbocycles. The standard InChI is InChI=1S/C17H21FN4O3/c1-10-4-3-5-12(8-10)11(2)19-15-20-16(23)22(17(24)21-15)14-6-7-25-9-13(14)18/h3-5,8,11,13-14H,6-7,9H2,1-2H3,(H2,19,20,21,23,24)/t11-,13+,14-/m0/s1. The number of nitrogens with zero attached hydrogens (tertiary/aromatic N) is 2. The monoisotopic (exact) mass is 348 g/mol. The van der Waals surface area contributed by atoms with Crippen molar-refractivity contribution in [3.63, 3.8) is 0 Å². The number of aryl methyl sites for hydroxylation is 1. The number of hydrogen-bond donors (Lipinski definition) is 2. The first-order chi connectivity index (χ1) is 12.0. The minimum Gasteiger partial charge on any atom is -0.378 e. The first-order valence-corrected chi connectivity index (χ1v) is 8.23. The van der Waals surface area contributed by atoms with Crippen LogP contribution in [0.2, 0.25) is 0 Å². The highest BCUT2D eigenvalue weighted by atomic mass is 19.1. The number of rotatable bonds is 4. The van der Waals surface area contributed by atoms with Crippen LogP contribution in [-0.4, -0.2) is 33.9 Å². The van der Waals surface area contributed by atoms with Gasteiger partial charge in [0.05, 0.1) is 18.7 Å². The summed E-state index contributed by atoms with van der Waals surface area (Å²) in [6.07, 6.45) is -1.14. The van der Waals surface area contributed by atoms with E-state index in [1.54, 1.807) is 0 Å². The topological polar surface area (TPSA) is 89.0 Å². The third-order valence-corrected chi connectivity index (χ3v) is 4.34. The van der Waals surface area contributed by atoms with E-state index in [1.165, 1.54) is 0 Å². The zero-order chi connectivity index (χ0) is 18.0. The van der Waals surface area contributed by atoms with Crippen molar-refractivity contribution in [2.75, 3.05) is 18.5 Å². The smallest absolute Gasteiger partial charge is 0.355 e. The number of benzene rings is 1. The summed E-state index contributed by atoms with van der Waals surface area (Å²) in [5.74, 6) is 0.0720. The molecule has 1 saturated heterocycles. The van der Waals surface area contributed by atoms with E-state index in [-0.39, 0.29) is 25.0 Å². The molecular weight excluding hydrogens is 327 g/mol. The van der Waals surface area contributed by atoms with Crippen LogP contribution in [0.3, 0.4) is 0 Å². The van der Waals surface area contributed by atoms with Crippen LogP contribution in [0.4, 0.5) is 10.3 Å². The maximum atomic E-state index is 14.0. The Morgan fingerprint density at radius 2 is 2.24 bits per heavy atom. The molecule has 1 aliphatic rings. The minimum atomic E-state index is -1.40. The first-order valence-electron chi connectivity index (χ1n) is 8.23. The molecule has 8 heteroatoms. The van der Waals surface area contributed by atoms with Gasteiger partial charge in [0, 0.05) is 6.61 Å². The molecule has 3 rings (SSSR count). The summed E-state index contributed by atoms with van der Waals surface area (Å²) >= 11 is 0. The van der Waals surface area contributed by atoms with Gasteiger partial charge < -0.3 is 10.1 Å². The van der Waals surface area contributed by atoms with Crippen molar-refractivity contribution in [2.24, 2.45) is 0 Å². The van der Waals surface area contributed by atoms with Crippen molar-refractivity contribution in [1.29, 1.82) is 0 Å². The van der Waals surface area contributed by atoms with E-state index in [0.717, 1.165) is 15.7 Å². The second-order valence-electron chi connectivity index (χ2n) is 6.27. The Labute approximate surface area is 143 Å². The molecule has 0 spiro atoms. The van der Waals surface area contributed by atoms with Crippen molar-refractivity contribution < 1.29 is 9.13 Å². The maximum absolute atomic E-state index is 14.0. The second-order valence-corrected chi connectivity index (χ2v) is 6.27. The molecule has 0 amide bonds. The summed E-state index contributed by atoms with van der Waals surface area (Å²) in [7, 11) is 0. The van der Waals surface area contributed by atoms with Gasteiger partial charge in [-0.15, -0.1) is 0 Å². The summed E-state index contributed by atoms with van der Waals surface area (Å²) < 4.78 is 19.8. The summed E-state index contributed by atoms with van der Waals surface area (Å²) in [6.45, 7) is 4.07. The fourth-order valence-corrected chi connectivity index (χ4v) is 3.00. The molecule has 2 N–H and O–H groups in total. The lowest BCUT2D eigenvalue weighted by Gasteiger charge is -2.26. The van der Waals surface area contributed by atoms with Gasteiger partial charge in [0.15, 0.2) is 0 Å². The highest BCUT2D eigenvalue weighted by Gasteiger charge is 2.30. The van der Waals surface area contributed by atoms with Crippen LogP contribution in [0.15, 0.2) is 33.9 Å². The molecule has 3 atom stereocenters. The summed E-state index contributed by atoms with van der Waals surface area (Å²) in [6, 6.07) is 6.87. The van der Waals surface area contributed by atoms with E-state index in [9.17, 15) is 14.0 Å². The number of halogens is 1. The largest absolute Gasteiger partial charge is 0.378 e. The first kappa shape index (κ1) is 17.3. The van der Waals surface area contributed by atoms with Crippen molar-refractivity contribution in [1.82, 2.24) is 14.5 Å². The molecule has 0 radical (unpaired) electrons. The normalized spacial score (nSPS) is 21.7. The third-order valence-electron chi connectivity index (χ3n) is 4.34. The lowest BCUT2D eigenvalue weighted by atomic mass is 10.1. The third kappa shape index (κ3) is 3.79. The lowest BCUT2D eigenvalue weighted by molar-refractivity contribution is 0.000716. The fraction of sp³-hybridized carbons (Fsp3) is 0.471. The Kier molecular flexibility index (Phi) is 4.98. The number of aromatic amines is 1. The van der Waals surface area contributed by atoms with E-state index < -0.39 is 23.6 Å². The van der Waals surface area contributed by atoms with Crippen LogP contribution in [-0.2, 0) is 4.74 Å². The predicted molar refractivity (Wildman–Crippen MR) is 91.7 cm³/mol. The highest BCUT2D eigenvalue weighted by Crippen LogP contribution is 2.21. The number of alkyl halides is 1. The van der Waals surface area contributed by atoms with Crippen molar-refractivity contribution in [3.05, 3.63) is 56.4 Å². The number of aromatic nitrogens is 3. The average Bonchev–Trinajstić information content (AvgIpc) is 2.56. The van der Waals surface area contributed by atoms with Gasteiger partial charge in [-0.1, -0.05) is 29.8 Å². The van der Waals surface area contributed by atoms with Gasteiger partial charge >= 0.3 is 11.4 Å². The number of nitrogens with one attached hydrogen (secondary N) is 2. The number of H-pyrrole nitrogens is 1. The van der Waals surface area contributed by atoms with Crippen LogP contribution in [0.25, 0.3) is 0 Å². The molecule has 0 unspecified atom stereocenters. The van der Waals surface area contributed by atoms with Crippen LogP contribution in [0, 0.1) is 6.92 Å². The molecule has 2 aromatic rings. The van der Waals surface area contributed by atoms with Crippen molar-refractivity contribution in [3.8, 4) is 0 Å². The van der Waals surface area contributed by atoms with E-state index in [0.29, 0.717) is 6.61 Å². The van der Waals surface area contributed by atoms with Gasteiger partial charge in [-0.3, -0.25) is 4.98 Å². The van der Waals surface area contributed by atoms with Gasteiger partial charge in [-0.05, 0) is 25.8 Å². The molecule has 25 heavy (non-hydrogen) atoms. The second kappa shape index (κ2) is 7.18. The molecule has 0 aliphatic carbocycles. The summed E-state index contributed by atoms with van der Waals surface area (Å²) in [4.78, 5) is 31.0. The molecule has 1 aliphatic heterocycles. The van der Waals surface area contributed by atoms with Gasteiger partial charge in [0.2, 0.25) is 5.95 Å². The zero-order valence-corrected chi connectivity index (χ0v) is 14.2. The van der Waals surface area contributed by atoms with Gasteiger partial charge in [0.1, 0.15) is 6.17 Å². The molecule has 0 bridgehead atoms. The van der Waals surface area contributed by atoms with Crippen LogP contribution >= 0.6 is 0 Å². The molecule has 0 saturated carbocycles. The van der Waals surface area contributed by atoms with Crippen LogP contribution in [0.5, 0.6) is 0 Å². The fourth-order valence-electron chi connectivity index (χ4n) is 3.00. The minimum absolute atomic E-state index is 0.0720. The van der Waals surface area contributed by atoms with E-state index in [2.05, 4.69) is 15.3 Å². The average molecular weight is 348 g/mol. The molecule has 7 nitrogen and oxygen atoms in total. The van der Waals surface area contributed by atoms with E-state index >= 15 is 0 Å². The highest BCUT2D eigenvalue weighted by molar-refractivity contribution is 5.32. The number of hydrogen-bond acceptors (Lipinski definition) is 5. The van der Waals surface area contributed by atoms with E-state index in [4.69, 9.17) is 4.74 Å². The van der Waals surface area contributed by atoms with Crippen molar-refractivity contribution in [2.45, 2.75) is 38.5 Å². The number of ether oxygens (including phenoxy) is 1. The Morgan fingerprint density at radius 1 is 1.44 bits per heavy atom. The Bertz CT molecular complexity index is 832. The van der Waals surface area contributed by atoms with E-state index in [1.807, 2.05) is 38.1 Å².